The molecule has 0 fully saturated rings. The van der Waals surface area contributed by atoms with Crippen molar-refractivity contribution in [2.24, 2.45) is 0 Å². The summed E-state index contributed by atoms with van der Waals surface area (Å²) < 4.78 is 12.3. The first kappa shape index (κ1) is 15.6. The Morgan fingerprint density at radius 1 is 1.10 bits per heavy atom. The summed E-state index contributed by atoms with van der Waals surface area (Å²) in [6, 6.07) is 6.73. The minimum atomic E-state index is -1.47. The van der Waals surface area contributed by atoms with Crippen LogP contribution in [0.3, 0.4) is 0 Å². The van der Waals surface area contributed by atoms with Gasteiger partial charge in [0.05, 0.1) is 10.8 Å². The first-order chi connectivity index (χ1) is 10.0. The van der Waals surface area contributed by atoms with Crippen LogP contribution in [-0.4, -0.2) is 27.6 Å². The highest BCUT2D eigenvalue weighted by atomic mass is 32.2. The zero-order chi connectivity index (χ0) is 15.6. The molecule has 1 aliphatic carbocycles. The molecule has 0 amide bonds. The highest BCUT2D eigenvalue weighted by Gasteiger charge is 2.35. The lowest BCUT2D eigenvalue weighted by molar-refractivity contribution is 0.0973. The smallest absolute Gasteiger partial charge is 0.210 e. The molecule has 1 N–H and O–H groups in total. The highest BCUT2D eigenvalue weighted by molar-refractivity contribution is 7.90. The molecule has 112 valence electrons. The highest BCUT2D eigenvalue weighted by Crippen LogP contribution is 2.27. The van der Waals surface area contributed by atoms with E-state index in [-0.39, 0.29) is 28.2 Å². The van der Waals surface area contributed by atoms with E-state index in [0.29, 0.717) is 16.9 Å². The first-order valence-electron chi connectivity index (χ1n) is 7.08. The Kier molecular flexibility index (Phi) is 4.73. The summed E-state index contributed by atoms with van der Waals surface area (Å²) in [5.74, 6) is -0.249. The molecule has 4 nitrogen and oxygen atoms in total. The van der Waals surface area contributed by atoms with Crippen LogP contribution < -0.4 is 5.32 Å². The number of benzene rings is 1. The van der Waals surface area contributed by atoms with Gasteiger partial charge in [-0.3, -0.25) is 13.8 Å². The standard InChI is InChI=1S/C16H19NO3S/c1-4-10(3)17-13-14(18)11-8-6-7-9-12(11)15(19)16(13)21(20)5-2/h6-10,17H,4-5H2,1-3H3. The lowest BCUT2D eigenvalue weighted by Crippen LogP contribution is -2.36. The van der Waals surface area contributed by atoms with Gasteiger partial charge < -0.3 is 5.32 Å². The molecule has 2 rings (SSSR count). The maximum Gasteiger partial charge on any atom is 0.210 e. The monoisotopic (exact) mass is 305 g/mol. The van der Waals surface area contributed by atoms with Gasteiger partial charge in [-0.25, -0.2) is 0 Å². The molecule has 0 spiro atoms. The van der Waals surface area contributed by atoms with E-state index in [4.69, 9.17) is 0 Å². The van der Waals surface area contributed by atoms with Crippen LogP contribution in [0.4, 0.5) is 0 Å². The molecule has 0 bridgehead atoms. The summed E-state index contributed by atoms with van der Waals surface area (Å²) in [5, 5.41) is 3.07. The van der Waals surface area contributed by atoms with Crippen LogP contribution in [0.15, 0.2) is 34.9 Å². The summed E-state index contributed by atoms with van der Waals surface area (Å²) in [5.41, 5.74) is 0.924. The normalized spacial score (nSPS) is 17.5. The van der Waals surface area contributed by atoms with Crippen molar-refractivity contribution >= 4 is 22.4 Å². The summed E-state index contributed by atoms with van der Waals surface area (Å²) in [4.78, 5) is 25.3. The van der Waals surface area contributed by atoms with Crippen molar-refractivity contribution in [1.29, 1.82) is 0 Å². The molecule has 21 heavy (non-hydrogen) atoms. The minimum absolute atomic E-state index is 0.0332. The van der Waals surface area contributed by atoms with E-state index in [1.807, 2.05) is 13.8 Å². The van der Waals surface area contributed by atoms with Gasteiger partial charge in [0.25, 0.3) is 0 Å². The van der Waals surface area contributed by atoms with Crippen molar-refractivity contribution in [1.82, 2.24) is 5.32 Å². The third-order valence-corrected chi connectivity index (χ3v) is 4.94. The Hall–Kier alpha value is -1.75. The van der Waals surface area contributed by atoms with Crippen LogP contribution in [0.2, 0.25) is 0 Å². The van der Waals surface area contributed by atoms with Crippen molar-refractivity contribution in [3.8, 4) is 0 Å². The quantitative estimate of drug-likeness (QED) is 0.907. The molecule has 0 radical (unpaired) electrons. The molecule has 0 aromatic heterocycles. The van der Waals surface area contributed by atoms with Crippen LogP contribution in [0.1, 0.15) is 47.9 Å². The second kappa shape index (κ2) is 6.35. The molecule has 0 saturated carbocycles. The molecule has 2 unspecified atom stereocenters. The number of Topliss-reactive ketones (excluding diaryl/α,β-unsaturated/α-hetero) is 2. The number of nitrogens with one attached hydrogen (secondary N) is 1. The molecule has 0 aliphatic heterocycles. The third kappa shape index (κ3) is 2.83. The Bertz CT molecular complexity index is 649. The van der Waals surface area contributed by atoms with Gasteiger partial charge in [-0.05, 0) is 13.3 Å². The fraction of sp³-hybridized carbons (Fsp3) is 0.375. The number of hydrogen-bond donors (Lipinski definition) is 1. The van der Waals surface area contributed by atoms with Crippen molar-refractivity contribution in [2.75, 3.05) is 5.75 Å². The van der Waals surface area contributed by atoms with E-state index in [1.54, 1.807) is 31.2 Å². The van der Waals surface area contributed by atoms with Crippen LogP contribution in [0, 0.1) is 0 Å². The molecule has 0 heterocycles. The summed E-state index contributed by atoms with van der Waals surface area (Å²) in [7, 11) is -1.47. The zero-order valence-electron chi connectivity index (χ0n) is 12.4. The van der Waals surface area contributed by atoms with E-state index in [1.165, 1.54) is 0 Å². The van der Waals surface area contributed by atoms with E-state index in [0.717, 1.165) is 6.42 Å². The van der Waals surface area contributed by atoms with Crippen molar-refractivity contribution < 1.29 is 13.8 Å². The number of carbonyl (C=O) groups is 2. The van der Waals surface area contributed by atoms with Crippen LogP contribution >= 0.6 is 0 Å². The van der Waals surface area contributed by atoms with E-state index in [2.05, 4.69) is 5.32 Å². The van der Waals surface area contributed by atoms with Crippen LogP contribution in [-0.2, 0) is 10.8 Å². The molecule has 1 aliphatic rings. The predicted molar refractivity (Wildman–Crippen MR) is 83.7 cm³/mol. The number of ketones is 2. The van der Waals surface area contributed by atoms with Crippen molar-refractivity contribution in [3.05, 3.63) is 46.0 Å². The number of allylic oxidation sites excluding steroid dienone is 2. The van der Waals surface area contributed by atoms with Crippen molar-refractivity contribution in [2.45, 2.75) is 33.2 Å². The number of hydrogen-bond acceptors (Lipinski definition) is 4. The molecule has 1 aromatic rings. The second-order valence-electron chi connectivity index (χ2n) is 5.00. The Labute approximate surface area is 127 Å². The SMILES string of the molecule is CCC(C)NC1=C(S(=O)CC)C(=O)c2ccccc2C1=O. The van der Waals surface area contributed by atoms with Gasteiger partial charge in [0.2, 0.25) is 11.6 Å². The molecule has 5 heteroatoms. The number of rotatable bonds is 5. The van der Waals surface area contributed by atoms with Gasteiger partial charge in [-0.15, -0.1) is 0 Å². The fourth-order valence-corrected chi connectivity index (χ4v) is 3.18. The molecular formula is C16H19NO3S. The maximum absolute atomic E-state index is 12.6. The molecular weight excluding hydrogens is 286 g/mol. The zero-order valence-corrected chi connectivity index (χ0v) is 13.3. The average molecular weight is 305 g/mol. The van der Waals surface area contributed by atoms with Gasteiger partial charge in [0, 0.05) is 22.9 Å². The predicted octanol–water partition coefficient (Wildman–Crippen LogP) is 2.43. The Morgan fingerprint density at radius 2 is 1.67 bits per heavy atom. The van der Waals surface area contributed by atoms with E-state index < -0.39 is 10.8 Å². The molecule has 0 saturated heterocycles. The minimum Gasteiger partial charge on any atom is -0.378 e. The average Bonchev–Trinajstić information content (AvgIpc) is 2.51. The number of fused-ring (bicyclic) bond motifs is 1. The summed E-state index contributed by atoms with van der Waals surface area (Å²) in [6.45, 7) is 5.65. The topological polar surface area (TPSA) is 63.2 Å². The van der Waals surface area contributed by atoms with Crippen LogP contribution in [0.5, 0.6) is 0 Å². The largest absolute Gasteiger partial charge is 0.378 e. The van der Waals surface area contributed by atoms with Gasteiger partial charge in [0.15, 0.2) is 0 Å². The maximum atomic E-state index is 12.6. The van der Waals surface area contributed by atoms with Gasteiger partial charge in [0.1, 0.15) is 10.6 Å². The molecule has 2 atom stereocenters. The Morgan fingerprint density at radius 3 is 2.19 bits per heavy atom. The summed E-state index contributed by atoms with van der Waals surface area (Å²) in [6.07, 6.45) is 0.804. The van der Waals surface area contributed by atoms with Gasteiger partial charge >= 0.3 is 0 Å². The number of carbonyl (C=O) groups excluding carboxylic acids is 2. The third-order valence-electron chi connectivity index (χ3n) is 3.57. The summed E-state index contributed by atoms with van der Waals surface area (Å²) >= 11 is 0. The van der Waals surface area contributed by atoms with Crippen molar-refractivity contribution in [3.63, 3.8) is 0 Å². The lowest BCUT2D eigenvalue weighted by Gasteiger charge is -2.23. The fourth-order valence-electron chi connectivity index (χ4n) is 2.19. The van der Waals surface area contributed by atoms with Gasteiger partial charge in [-0.2, -0.15) is 0 Å². The van der Waals surface area contributed by atoms with Gasteiger partial charge in [-0.1, -0.05) is 38.1 Å². The van der Waals surface area contributed by atoms with E-state index in [9.17, 15) is 13.8 Å². The first-order valence-corrected chi connectivity index (χ1v) is 8.40. The van der Waals surface area contributed by atoms with E-state index >= 15 is 0 Å². The second-order valence-corrected chi connectivity index (χ2v) is 6.67. The Balaban J connectivity index is 2.60. The van der Waals surface area contributed by atoms with Crippen LogP contribution in [0.25, 0.3) is 0 Å². The molecule has 1 aromatic carbocycles. The lowest BCUT2D eigenvalue weighted by atomic mass is 9.92.